The quantitative estimate of drug-likeness (QED) is 0.809. The number of carbonyl (C=O) groups is 3. The summed E-state index contributed by atoms with van der Waals surface area (Å²) in [5, 5.41) is 5.30. The van der Waals surface area contributed by atoms with Crippen LogP contribution >= 0.6 is 0 Å². The Balaban J connectivity index is 1.98. The summed E-state index contributed by atoms with van der Waals surface area (Å²) in [5.74, 6) is -0.716. The highest BCUT2D eigenvalue weighted by Gasteiger charge is 2.38. The Morgan fingerprint density at radius 2 is 2.05 bits per heavy atom. The second kappa shape index (κ2) is 6.39. The van der Waals surface area contributed by atoms with Crippen LogP contribution < -0.4 is 10.6 Å². The molecule has 1 atom stereocenters. The highest BCUT2D eigenvalue weighted by Crippen LogP contribution is 2.14. The number of benzene rings is 1. The van der Waals surface area contributed by atoms with Crippen molar-refractivity contribution in [1.29, 1.82) is 0 Å². The van der Waals surface area contributed by atoms with E-state index in [1.165, 1.54) is 0 Å². The Hall–Kier alpha value is -2.37. The van der Waals surface area contributed by atoms with Crippen LogP contribution in [0.3, 0.4) is 0 Å². The molecule has 6 heteroatoms. The van der Waals surface area contributed by atoms with E-state index >= 15 is 0 Å². The molecule has 21 heavy (non-hydrogen) atoms. The van der Waals surface area contributed by atoms with E-state index in [0.29, 0.717) is 12.1 Å². The van der Waals surface area contributed by atoms with Crippen LogP contribution in [0.1, 0.15) is 25.3 Å². The number of amides is 4. The van der Waals surface area contributed by atoms with Crippen LogP contribution in [-0.2, 0) is 9.59 Å². The summed E-state index contributed by atoms with van der Waals surface area (Å²) >= 11 is 0. The van der Waals surface area contributed by atoms with Gasteiger partial charge < -0.3 is 10.6 Å². The third-order valence-electron chi connectivity index (χ3n) is 3.41. The van der Waals surface area contributed by atoms with E-state index in [-0.39, 0.29) is 18.4 Å². The molecule has 1 heterocycles. The van der Waals surface area contributed by atoms with Crippen LogP contribution in [-0.4, -0.2) is 35.3 Å². The van der Waals surface area contributed by atoms with Gasteiger partial charge >= 0.3 is 6.03 Å². The van der Waals surface area contributed by atoms with Gasteiger partial charge in [-0.3, -0.25) is 14.5 Å². The zero-order valence-corrected chi connectivity index (χ0v) is 12.2. The monoisotopic (exact) mass is 289 g/mol. The molecule has 0 saturated carbocycles. The molecule has 2 rings (SSSR count). The van der Waals surface area contributed by atoms with E-state index in [0.717, 1.165) is 16.9 Å². The maximum Gasteiger partial charge on any atom is 0.325 e. The van der Waals surface area contributed by atoms with Crippen molar-refractivity contribution in [2.45, 2.75) is 32.7 Å². The SMILES string of the molecule is CCCC1NC(=O)N(CC(=O)Nc2ccccc2C)C1=O. The number of nitrogens with one attached hydrogen (secondary N) is 2. The van der Waals surface area contributed by atoms with Crippen LogP contribution in [0.25, 0.3) is 0 Å². The lowest BCUT2D eigenvalue weighted by Gasteiger charge is -2.13. The Kier molecular flexibility index (Phi) is 4.57. The average Bonchev–Trinajstić information content (AvgIpc) is 2.70. The maximum atomic E-state index is 12.0. The van der Waals surface area contributed by atoms with E-state index in [1.807, 2.05) is 32.0 Å². The fraction of sp³-hybridized carbons (Fsp3) is 0.400. The Morgan fingerprint density at radius 3 is 2.71 bits per heavy atom. The summed E-state index contributed by atoms with van der Waals surface area (Å²) in [4.78, 5) is 36.7. The third kappa shape index (κ3) is 3.39. The minimum absolute atomic E-state index is 0.265. The molecule has 1 aliphatic heterocycles. The van der Waals surface area contributed by atoms with Crippen molar-refractivity contribution in [3.63, 3.8) is 0 Å². The van der Waals surface area contributed by atoms with Gasteiger partial charge in [0.2, 0.25) is 5.91 Å². The molecule has 1 aromatic carbocycles. The van der Waals surface area contributed by atoms with Gasteiger partial charge in [-0.25, -0.2) is 4.79 Å². The summed E-state index contributed by atoms with van der Waals surface area (Å²) < 4.78 is 0. The lowest BCUT2D eigenvalue weighted by Crippen LogP contribution is -2.38. The minimum Gasteiger partial charge on any atom is -0.326 e. The van der Waals surface area contributed by atoms with Gasteiger partial charge in [-0.2, -0.15) is 0 Å². The normalized spacial score (nSPS) is 17.8. The summed E-state index contributed by atoms with van der Waals surface area (Å²) in [5.41, 5.74) is 1.60. The minimum atomic E-state index is -0.506. The van der Waals surface area contributed by atoms with E-state index in [9.17, 15) is 14.4 Å². The van der Waals surface area contributed by atoms with Crippen molar-refractivity contribution in [3.05, 3.63) is 29.8 Å². The fourth-order valence-electron chi connectivity index (χ4n) is 2.26. The highest BCUT2D eigenvalue weighted by molar-refractivity contribution is 6.07. The summed E-state index contributed by atoms with van der Waals surface area (Å²) in [6.45, 7) is 3.55. The van der Waals surface area contributed by atoms with Crippen molar-refractivity contribution in [2.24, 2.45) is 0 Å². The standard InChI is InChI=1S/C15H19N3O3/c1-3-6-12-14(20)18(15(21)17-12)9-13(19)16-11-8-5-4-7-10(11)2/h4-5,7-8,12H,3,6,9H2,1-2H3,(H,16,19)(H,17,21). The lowest BCUT2D eigenvalue weighted by molar-refractivity contribution is -0.130. The number of hydrogen-bond acceptors (Lipinski definition) is 3. The Labute approximate surface area is 123 Å². The third-order valence-corrected chi connectivity index (χ3v) is 3.41. The van der Waals surface area contributed by atoms with Crippen molar-refractivity contribution in [1.82, 2.24) is 10.2 Å². The molecule has 1 aliphatic rings. The van der Waals surface area contributed by atoms with Gasteiger partial charge in [-0.1, -0.05) is 31.5 Å². The first-order valence-corrected chi connectivity index (χ1v) is 7.00. The average molecular weight is 289 g/mol. The number of imide groups is 1. The number of carbonyl (C=O) groups excluding carboxylic acids is 3. The van der Waals surface area contributed by atoms with Crippen LogP contribution in [0.15, 0.2) is 24.3 Å². The van der Waals surface area contributed by atoms with Gasteiger partial charge in [0, 0.05) is 5.69 Å². The van der Waals surface area contributed by atoms with Gasteiger partial charge in [0.25, 0.3) is 5.91 Å². The first-order valence-electron chi connectivity index (χ1n) is 7.00. The van der Waals surface area contributed by atoms with Crippen molar-refractivity contribution in [3.8, 4) is 0 Å². The first kappa shape index (κ1) is 15.0. The van der Waals surface area contributed by atoms with E-state index in [2.05, 4.69) is 10.6 Å². The van der Waals surface area contributed by atoms with Crippen LogP contribution in [0.2, 0.25) is 0 Å². The zero-order valence-electron chi connectivity index (χ0n) is 12.2. The predicted octanol–water partition coefficient (Wildman–Crippen LogP) is 1.65. The molecule has 112 valence electrons. The zero-order chi connectivity index (χ0) is 15.4. The molecule has 0 aliphatic carbocycles. The molecule has 0 aromatic heterocycles. The van der Waals surface area contributed by atoms with Gasteiger partial charge in [0.15, 0.2) is 0 Å². The molecule has 6 nitrogen and oxygen atoms in total. The molecule has 1 aromatic rings. The second-order valence-electron chi connectivity index (χ2n) is 5.08. The lowest BCUT2D eigenvalue weighted by atomic mass is 10.1. The predicted molar refractivity (Wildman–Crippen MR) is 78.7 cm³/mol. The summed E-state index contributed by atoms with van der Waals surface area (Å²) in [7, 11) is 0. The molecular formula is C15H19N3O3. The van der Waals surface area contributed by atoms with Gasteiger partial charge in [-0.05, 0) is 25.0 Å². The molecule has 1 unspecified atom stereocenters. The smallest absolute Gasteiger partial charge is 0.325 e. The van der Waals surface area contributed by atoms with Crippen molar-refractivity contribution < 1.29 is 14.4 Å². The summed E-state index contributed by atoms with van der Waals surface area (Å²) in [6.07, 6.45) is 1.38. The summed E-state index contributed by atoms with van der Waals surface area (Å²) in [6, 6.07) is 6.33. The van der Waals surface area contributed by atoms with E-state index < -0.39 is 12.1 Å². The molecule has 1 saturated heterocycles. The van der Waals surface area contributed by atoms with Gasteiger partial charge in [0.05, 0.1) is 0 Å². The molecule has 0 radical (unpaired) electrons. The Bertz CT molecular complexity index is 571. The number of anilines is 1. The maximum absolute atomic E-state index is 12.0. The van der Waals surface area contributed by atoms with E-state index in [1.54, 1.807) is 6.07 Å². The van der Waals surface area contributed by atoms with Gasteiger partial charge in [0.1, 0.15) is 12.6 Å². The number of hydrogen-bond donors (Lipinski definition) is 2. The number of nitrogens with zero attached hydrogens (tertiary/aromatic N) is 1. The highest BCUT2D eigenvalue weighted by atomic mass is 16.2. The van der Waals surface area contributed by atoms with Crippen LogP contribution in [0.5, 0.6) is 0 Å². The number of para-hydroxylation sites is 1. The molecule has 1 fully saturated rings. The molecule has 0 spiro atoms. The van der Waals surface area contributed by atoms with Crippen molar-refractivity contribution in [2.75, 3.05) is 11.9 Å². The van der Waals surface area contributed by atoms with E-state index in [4.69, 9.17) is 0 Å². The molecule has 0 bridgehead atoms. The fourth-order valence-corrected chi connectivity index (χ4v) is 2.26. The van der Waals surface area contributed by atoms with Gasteiger partial charge in [-0.15, -0.1) is 0 Å². The number of rotatable bonds is 5. The topological polar surface area (TPSA) is 78.5 Å². The largest absolute Gasteiger partial charge is 0.326 e. The van der Waals surface area contributed by atoms with Crippen LogP contribution in [0.4, 0.5) is 10.5 Å². The molecule has 2 N–H and O–H groups in total. The first-order chi connectivity index (χ1) is 10.0. The molecule has 4 amide bonds. The Morgan fingerprint density at radius 1 is 1.33 bits per heavy atom. The van der Waals surface area contributed by atoms with Crippen molar-refractivity contribution >= 4 is 23.5 Å². The number of aryl methyl sites for hydroxylation is 1. The second-order valence-corrected chi connectivity index (χ2v) is 5.08. The number of urea groups is 1. The van der Waals surface area contributed by atoms with Crippen LogP contribution in [0, 0.1) is 6.92 Å². The molecular weight excluding hydrogens is 270 g/mol.